The van der Waals surface area contributed by atoms with Crippen molar-refractivity contribution in [2.45, 2.75) is 25.7 Å². The summed E-state index contributed by atoms with van der Waals surface area (Å²) in [7, 11) is 0. The van der Waals surface area contributed by atoms with E-state index in [1.54, 1.807) is 19.3 Å². The van der Waals surface area contributed by atoms with Gasteiger partial charge in [0.15, 0.2) is 0 Å². The van der Waals surface area contributed by atoms with E-state index in [0.717, 1.165) is 0 Å². The van der Waals surface area contributed by atoms with E-state index in [2.05, 4.69) is 0 Å². The third-order valence-corrected chi connectivity index (χ3v) is 2.22. The summed E-state index contributed by atoms with van der Waals surface area (Å²) in [5, 5.41) is 0. The van der Waals surface area contributed by atoms with E-state index in [4.69, 9.17) is 0 Å². The molecule has 2 saturated carbocycles. The van der Waals surface area contributed by atoms with Crippen molar-refractivity contribution in [3.63, 3.8) is 0 Å². The van der Waals surface area contributed by atoms with Crippen molar-refractivity contribution in [3.8, 4) is 0 Å². The number of hydrogen-bond acceptors (Lipinski definition) is 0. The minimum Gasteiger partial charge on any atom is -0.147 e. The standard InChI is InChI=1S/C6H10.2ClH/c1-2-5-4-6(5)3-1;;/h5-6H,1-4H2;2*1H. The average Bonchev–Trinajstić information content (AvgIpc) is 2.17. The molecule has 0 radical (unpaired) electrons. The Morgan fingerprint density at radius 2 is 1.38 bits per heavy atom. The third-order valence-electron chi connectivity index (χ3n) is 2.22. The first-order chi connectivity index (χ1) is 2.97. The molecule has 2 aliphatic carbocycles. The first-order valence-corrected chi connectivity index (χ1v) is 2.97. The Morgan fingerprint density at radius 3 is 1.50 bits per heavy atom. The van der Waals surface area contributed by atoms with Crippen molar-refractivity contribution in [2.24, 2.45) is 11.8 Å². The maximum atomic E-state index is 1.58. The summed E-state index contributed by atoms with van der Waals surface area (Å²) in [5.74, 6) is 2.43. The topological polar surface area (TPSA) is 0 Å². The summed E-state index contributed by atoms with van der Waals surface area (Å²) in [6.45, 7) is 0. The Morgan fingerprint density at radius 1 is 0.875 bits per heavy atom. The first-order valence-electron chi connectivity index (χ1n) is 2.97. The molecule has 0 heterocycles. The van der Waals surface area contributed by atoms with Crippen LogP contribution in [-0.4, -0.2) is 0 Å². The molecule has 0 amide bonds. The molecule has 0 aromatic rings. The predicted molar refractivity (Wildman–Crippen MR) is 39.9 cm³/mol. The number of rotatable bonds is 0. The molecule has 8 heavy (non-hydrogen) atoms. The summed E-state index contributed by atoms with van der Waals surface area (Å²) >= 11 is 0. The molecule has 0 aromatic carbocycles. The molecule has 0 nitrogen and oxygen atoms in total. The van der Waals surface area contributed by atoms with E-state index >= 15 is 0 Å². The van der Waals surface area contributed by atoms with Gasteiger partial charge in [-0.25, -0.2) is 0 Å². The van der Waals surface area contributed by atoms with Gasteiger partial charge in [-0.3, -0.25) is 0 Å². The molecule has 0 aliphatic heterocycles. The second kappa shape index (κ2) is 2.93. The van der Waals surface area contributed by atoms with Crippen molar-refractivity contribution < 1.29 is 0 Å². The number of hydrogen-bond donors (Lipinski definition) is 0. The van der Waals surface area contributed by atoms with Gasteiger partial charge >= 0.3 is 0 Å². The van der Waals surface area contributed by atoms with Crippen LogP contribution in [0.15, 0.2) is 0 Å². The molecule has 2 atom stereocenters. The van der Waals surface area contributed by atoms with Crippen LogP contribution in [-0.2, 0) is 0 Å². The van der Waals surface area contributed by atoms with Crippen molar-refractivity contribution in [3.05, 3.63) is 0 Å². The highest BCUT2D eigenvalue weighted by atomic mass is 35.5. The van der Waals surface area contributed by atoms with Gasteiger partial charge in [-0.15, -0.1) is 24.8 Å². The zero-order valence-electron chi connectivity index (χ0n) is 4.80. The highest BCUT2D eigenvalue weighted by Gasteiger charge is 2.40. The SMILES string of the molecule is C1CC2CC2C1.Cl.Cl. The largest absolute Gasteiger partial charge is 0.147 e. The van der Waals surface area contributed by atoms with E-state index in [-0.39, 0.29) is 24.8 Å². The quantitative estimate of drug-likeness (QED) is 0.504. The molecule has 2 fully saturated rings. The zero-order valence-corrected chi connectivity index (χ0v) is 6.43. The average molecular weight is 155 g/mol. The van der Waals surface area contributed by atoms with Crippen LogP contribution in [0.5, 0.6) is 0 Å². The lowest BCUT2D eigenvalue weighted by molar-refractivity contribution is 0.735. The molecular weight excluding hydrogens is 143 g/mol. The minimum absolute atomic E-state index is 0. The van der Waals surface area contributed by atoms with E-state index in [1.165, 1.54) is 18.3 Å². The normalized spacial score (nSPS) is 39.0. The van der Waals surface area contributed by atoms with Gasteiger partial charge in [0.05, 0.1) is 0 Å². The van der Waals surface area contributed by atoms with Crippen LogP contribution in [0.4, 0.5) is 0 Å². The van der Waals surface area contributed by atoms with E-state index in [1.807, 2.05) is 0 Å². The van der Waals surface area contributed by atoms with Crippen molar-refractivity contribution in [2.75, 3.05) is 0 Å². The highest BCUT2D eigenvalue weighted by Crippen LogP contribution is 2.51. The molecule has 0 bridgehead atoms. The Hall–Kier alpha value is 0.580. The lowest BCUT2D eigenvalue weighted by Gasteiger charge is -1.80. The minimum atomic E-state index is 0. The summed E-state index contributed by atoms with van der Waals surface area (Å²) in [6.07, 6.45) is 6.24. The lowest BCUT2D eigenvalue weighted by Crippen LogP contribution is -1.64. The Bertz CT molecular complexity index is 64.9. The molecule has 2 rings (SSSR count). The fourth-order valence-corrected chi connectivity index (χ4v) is 1.66. The van der Waals surface area contributed by atoms with E-state index in [0.29, 0.717) is 0 Å². The van der Waals surface area contributed by atoms with Crippen LogP contribution in [0.3, 0.4) is 0 Å². The fourth-order valence-electron chi connectivity index (χ4n) is 1.66. The molecule has 2 unspecified atom stereocenters. The maximum absolute atomic E-state index is 1.58. The third kappa shape index (κ3) is 1.29. The second-order valence-corrected chi connectivity index (χ2v) is 2.69. The molecule has 0 spiro atoms. The molecule has 0 aromatic heterocycles. The van der Waals surface area contributed by atoms with Crippen molar-refractivity contribution in [1.82, 2.24) is 0 Å². The van der Waals surface area contributed by atoms with Crippen LogP contribution in [0.1, 0.15) is 25.7 Å². The Labute approximate surface area is 62.9 Å². The molecule has 2 heteroatoms. The van der Waals surface area contributed by atoms with Gasteiger partial charge in [-0.1, -0.05) is 19.3 Å². The van der Waals surface area contributed by atoms with Crippen LogP contribution in [0.2, 0.25) is 0 Å². The summed E-state index contributed by atoms with van der Waals surface area (Å²) in [6, 6.07) is 0. The molecule has 0 saturated heterocycles. The number of halogens is 2. The lowest BCUT2D eigenvalue weighted by atomic mass is 10.3. The highest BCUT2D eigenvalue weighted by molar-refractivity contribution is 5.85. The van der Waals surface area contributed by atoms with Gasteiger partial charge in [0.25, 0.3) is 0 Å². The van der Waals surface area contributed by atoms with Crippen LogP contribution >= 0.6 is 24.8 Å². The zero-order chi connectivity index (χ0) is 3.98. The van der Waals surface area contributed by atoms with Gasteiger partial charge in [0.1, 0.15) is 0 Å². The Kier molecular flexibility index (Phi) is 3.14. The van der Waals surface area contributed by atoms with Crippen LogP contribution in [0, 0.1) is 11.8 Å². The second-order valence-electron chi connectivity index (χ2n) is 2.69. The molecular formula is C6H12Cl2. The molecule has 2 aliphatic rings. The Balaban J connectivity index is 0.000000245. The van der Waals surface area contributed by atoms with Gasteiger partial charge in [-0.2, -0.15) is 0 Å². The number of fused-ring (bicyclic) bond motifs is 1. The fraction of sp³-hybridized carbons (Fsp3) is 1.00. The van der Waals surface area contributed by atoms with E-state index in [9.17, 15) is 0 Å². The summed E-state index contributed by atoms with van der Waals surface area (Å²) in [4.78, 5) is 0. The molecule has 50 valence electrons. The predicted octanol–water partition coefficient (Wildman–Crippen LogP) is 2.65. The van der Waals surface area contributed by atoms with E-state index < -0.39 is 0 Å². The molecule has 0 N–H and O–H groups in total. The summed E-state index contributed by atoms with van der Waals surface area (Å²) in [5.41, 5.74) is 0. The van der Waals surface area contributed by atoms with Crippen molar-refractivity contribution >= 4 is 24.8 Å². The smallest absolute Gasteiger partial charge is 0.0383 e. The first kappa shape index (κ1) is 8.58. The summed E-state index contributed by atoms with van der Waals surface area (Å²) < 4.78 is 0. The van der Waals surface area contributed by atoms with Gasteiger partial charge < -0.3 is 0 Å². The van der Waals surface area contributed by atoms with Crippen LogP contribution in [0.25, 0.3) is 0 Å². The van der Waals surface area contributed by atoms with Gasteiger partial charge in [0, 0.05) is 0 Å². The van der Waals surface area contributed by atoms with Gasteiger partial charge in [-0.05, 0) is 18.3 Å². The monoisotopic (exact) mass is 154 g/mol. The maximum Gasteiger partial charge on any atom is -0.0383 e. The van der Waals surface area contributed by atoms with Crippen LogP contribution < -0.4 is 0 Å². The van der Waals surface area contributed by atoms with Crippen molar-refractivity contribution in [1.29, 1.82) is 0 Å². The van der Waals surface area contributed by atoms with Gasteiger partial charge in [0.2, 0.25) is 0 Å².